The van der Waals surface area contributed by atoms with Gasteiger partial charge in [0, 0.05) is 23.7 Å². The molecule has 2 N–H and O–H groups in total. The minimum Gasteiger partial charge on any atom is -0.493 e. The number of ether oxygens (including phenoxy) is 2. The van der Waals surface area contributed by atoms with Gasteiger partial charge in [-0.3, -0.25) is 0 Å². The molecule has 3 aromatic rings. The number of nitrogens with zero attached hydrogens (tertiary/aromatic N) is 4. The third kappa shape index (κ3) is 6.33. The minimum absolute atomic E-state index is 0. The van der Waals surface area contributed by atoms with Crippen LogP contribution in [-0.4, -0.2) is 34.4 Å². The molecule has 0 amide bonds. The molecule has 162 valence electrons. The van der Waals surface area contributed by atoms with Crippen LogP contribution in [0.2, 0.25) is 0 Å². The zero-order valence-corrected chi connectivity index (χ0v) is 20.7. The van der Waals surface area contributed by atoms with E-state index in [1.807, 2.05) is 49.7 Å². The van der Waals surface area contributed by atoms with Crippen LogP contribution in [0.4, 0.5) is 5.69 Å². The number of thiophene rings is 1. The van der Waals surface area contributed by atoms with Crippen molar-refractivity contribution in [2.24, 2.45) is 12.0 Å². The Morgan fingerprint density at radius 2 is 2.07 bits per heavy atom. The van der Waals surface area contributed by atoms with Gasteiger partial charge in [-0.1, -0.05) is 6.07 Å². The molecule has 0 bridgehead atoms. The van der Waals surface area contributed by atoms with Crippen molar-refractivity contribution in [3.05, 3.63) is 52.2 Å². The molecule has 2 aromatic heterocycles. The minimum atomic E-state index is 0. The van der Waals surface area contributed by atoms with Gasteiger partial charge in [-0.05, 0) is 37.4 Å². The van der Waals surface area contributed by atoms with Crippen LogP contribution in [-0.2, 0) is 20.1 Å². The van der Waals surface area contributed by atoms with Crippen LogP contribution in [0.3, 0.4) is 0 Å². The predicted octanol–water partition coefficient (Wildman–Crippen LogP) is 3.97. The van der Waals surface area contributed by atoms with Crippen LogP contribution in [0.25, 0.3) is 0 Å². The lowest BCUT2D eigenvalue weighted by atomic mass is 10.2. The first kappa shape index (κ1) is 23.9. The van der Waals surface area contributed by atoms with Gasteiger partial charge >= 0.3 is 0 Å². The number of benzene rings is 1. The fraction of sp³-hybridized carbons (Fsp3) is 0.350. The molecule has 0 aliphatic carbocycles. The number of nitrogens with one attached hydrogen (secondary N) is 2. The summed E-state index contributed by atoms with van der Waals surface area (Å²) in [5, 5.41) is 17.0. The fourth-order valence-corrected chi connectivity index (χ4v) is 3.26. The Kier molecular flexibility index (Phi) is 9.37. The molecule has 0 fully saturated rings. The molecule has 0 atom stereocenters. The SMILES string of the molecule is CCOc1ccc(NC(=NCc2nnc(C)n2C)NCc2cccs2)cc1OC.I. The zero-order chi connectivity index (χ0) is 20.6. The smallest absolute Gasteiger partial charge is 0.196 e. The number of halogens is 1. The highest BCUT2D eigenvalue weighted by molar-refractivity contribution is 14.0. The van der Waals surface area contributed by atoms with Crippen molar-refractivity contribution in [2.45, 2.75) is 26.9 Å². The largest absolute Gasteiger partial charge is 0.493 e. The van der Waals surface area contributed by atoms with Crippen LogP contribution in [0, 0.1) is 6.92 Å². The van der Waals surface area contributed by atoms with E-state index in [1.165, 1.54) is 4.88 Å². The predicted molar refractivity (Wildman–Crippen MR) is 131 cm³/mol. The Bertz CT molecular complexity index is 958. The summed E-state index contributed by atoms with van der Waals surface area (Å²) >= 11 is 1.70. The maximum absolute atomic E-state index is 5.59. The highest BCUT2D eigenvalue weighted by atomic mass is 127. The molecule has 8 nitrogen and oxygen atoms in total. The van der Waals surface area contributed by atoms with Gasteiger partial charge in [0.05, 0.1) is 20.3 Å². The summed E-state index contributed by atoms with van der Waals surface area (Å²) in [6, 6.07) is 9.82. The molecule has 1 aromatic carbocycles. The number of aromatic nitrogens is 3. The van der Waals surface area contributed by atoms with Gasteiger partial charge < -0.3 is 24.7 Å². The Morgan fingerprint density at radius 1 is 1.23 bits per heavy atom. The van der Waals surface area contributed by atoms with Gasteiger partial charge in [-0.2, -0.15) is 0 Å². The van der Waals surface area contributed by atoms with E-state index in [2.05, 4.69) is 37.3 Å². The summed E-state index contributed by atoms with van der Waals surface area (Å²) in [6.45, 7) is 5.52. The highest BCUT2D eigenvalue weighted by Crippen LogP contribution is 2.30. The second kappa shape index (κ2) is 11.7. The summed E-state index contributed by atoms with van der Waals surface area (Å²) in [6.07, 6.45) is 0. The fourth-order valence-electron chi connectivity index (χ4n) is 2.62. The Labute approximate surface area is 197 Å². The summed E-state index contributed by atoms with van der Waals surface area (Å²) < 4.78 is 13.0. The first-order valence-electron chi connectivity index (χ1n) is 9.34. The lowest BCUT2D eigenvalue weighted by molar-refractivity contribution is 0.311. The van der Waals surface area contributed by atoms with E-state index in [0.717, 1.165) is 17.3 Å². The second-order valence-corrected chi connectivity index (χ2v) is 7.28. The molecular formula is C20H27IN6O2S. The lowest BCUT2D eigenvalue weighted by Gasteiger charge is -2.15. The Morgan fingerprint density at radius 3 is 2.70 bits per heavy atom. The molecule has 10 heteroatoms. The summed E-state index contributed by atoms with van der Waals surface area (Å²) in [5.41, 5.74) is 0.844. The molecule has 0 saturated carbocycles. The van der Waals surface area contributed by atoms with Crippen LogP contribution < -0.4 is 20.1 Å². The standard InChI is InChI=1S/C20H26N6O2S.HI/c1-5-28-17-9-8-15(11-18(17)27-4)23-20(21-12-16-7-6-10-29-16)22-13-19-25-24-14(2)26(19)3;/h6-11H,5,12-13H2,1-4H3,(H2,21,22,23);1H. The molecular weight excluding hydrogens is 515 g/mol. The van der Waals surface area contributed by atoms with Gasteiger partial charge in [0.1, 0.15) is 12.4 Å². The third-order valence-corrected chi connectivity index (χ3v) is 5.17. The molecule has 0 unspecified atom stereocenters. The number of anilines is 1. The van der Waals surface area contributed by atoms with Crippen molar-refractivity contribution in [3.63, 3.8) is 0 Å². The number of methoxy groups -OCH3 is 1. The number of aliphatic imine (C=N–C) groups is 1. The van der Waals surface area contributed by atoms with Crippen LogP contribution in [0.5, 0.6) is 11.5 Å². The average molecular weight is 542 g/mol. The number of hydrogen-bond acceptors (Lipinski definition) is 6. The Hall–Kier alpha value is -2.34. The van der Waals surface area contributed by atoms with E-state index >= 15 is 0 Å². The summed E-state index contributed by atoms with van der Waals surface area (Å²) in [7, 11) is 3.56. The van der Waals surface area contributed by atoms with Crippen LogP contribution in [0.1, 0.15) is 23.4 Å². The zero-order valence-electron chi connectivity index (χ0n) is 17.5. The molecule has 0 aliphatic heterocycles. The molecule has 2 heterocycles. The number of rotatable bonds is 8. The van der Waals surface area contributed by atoms with Gasteiger partial charge in [0.15, 0.2) is 23.3 Å². The van der Waals surface area contributed by atoms with Crippen molar-refractivity contribution in [1.29, 1.82) is 0 Å². The van der Waals surface area contributed by atoms with Gasteiger partial charge in [-0.15, -0.1) is 45.5 Å². The molecule has 30 heavy (non-hydrogen) atoms. The molecule has 0 aliphatic rings. The second-order valence-electron chi connectivity index (χ2n) is 6.24. The van der Waals surface area contributed by atoms with E-state index in [1.54, 1.807) is 18.4 Å². The van der Waals surface area contributed by atoms with Crippen LogP contribution >= 0.6 is 35.3 Å². The van der Waals surface area contributed by atoms with Crippen molar-refractivity contribution in [3.8, 4) is 11.5 Å². The quantitative estimate of drug-likeness (QED) is 0.255. The van der Waals surface area contributed by atoms with Crippen molar-refractivity contribution in [1.82, 2.24) is 20.1 Å². The molecule has 0 radical (unpaired) electrons. The highest BCUT2D eigenvalue weighted by Gasteiger charge is 2.09. The summed E-state index contributed by atoms with van der Waals surface area (Å²) in [5.74, 6) is 3.67. The molecule has 0 saturated heterocycles. The number of aryl methyl sites for hydroxylation is 1. The normalized spacial score (nSPS) is 11.0. The van der Waals surface area contributed by atoms with E-state index in [9.17, 15) is 0 Å². The average Bonchev–Trinajstić information content (AvgIpc) is 3.36. The Balaban J connectivity index is 0.00000320. The van der Waals surface area contributed by atoms with E-state index in [0.29, 0.717) is 37.2 Å². The van der Waals surface area contributed by atoms with Crippen molar-refractivity contribution in [2.75, 3.05) is 19.0 Å². The van der Waals surface area contributed by atoms with Gasteiger partial charge in [0.2, 0.25) is 0 Å². The topological polar surface area (TPSA) is 85.6 Å². The van der Waals surface area contributed by atoms with Crippen LogP contribution in [0.15, 0.2) is 40.7 Å². The van der Waals surface area contributed by atoms with Crippen molar-refractivity contribution < 1.29 is 9.47 Å². The number of guanidine groups is 1. The van der Waals surface area contributed by atoms with Gasteiger partial charge in [0.25, 0.3) is 0 Å². The molecule has 0 spiro atoms. The summed E-state index contributed by atoms with van der Waals surface area (Å²) in [4.78, 5) is 5.90. The first-order valence-corrected chi connectivity index (χ1v) is 10.2. The van der Waals surface area contributed by atoms with E-state index < -0.39 is 0 Å². The monoisotopic (exact) mass is 542 g/mol. The van der Waals surface area contributed by atoms with E-state index in [-0.39, 0.29) is 24.0 Å². The van der Waals surface area contributed by atoms with Gasteiger partial charge in [-0.25, -0.2) is 4.99 Å². The maximum atomic E-state index is 5.59. The van der Waals surface area contributed by atoms with E-state index in [4.69, 9.17) is 9.47 Å². The lowest BCUT2D eigenvalue weighted by Crippen LogP contribution is -2.30. The van der Waals surface area contributed by atoms with Crippen molar-refractivity contribution >= 4 is 47.0 Å². The first-order chi connectivity index (χ1) is 14.1. The number of hydrogen-bond donors (Lipinski definition) is 2. The maximum Gasteiger partial charge on any atom is 0.196 e. The molecule has 3 rings (SSSR count). The third-order valence-electron chi connectivity index (χ3n) is 4.30.